The number of methoxy groups -OCH3 is 1. The fraction of sp³-hybridized carbons (Fsp3) is 0.200. The summed E-state index contributed by atoms with van der Waals surface area (Å²) >= 11 is 0. The molecule has 6 heteroatoms. The van der Waals surface area contributed by atoms with E-state index >= 15 is 0 Å². The summed E-state index contributed by atoms with van der Waals surface area (Å²) in [5, 5.41) is 18.3. The lowest BCUT2D eigenvalue weighted by atomic mass is 10.0. The first-order chi connectivity index (χ1) is 10.1. The van der Waals surface area contributed by atoms with Gasteiger partial charge in [0.1, 0.15) is 17.9 Å². The molecule has 0 saturated carbocycles. The van der Waals surface area contributed by atoms with Crippen LogP contribution in [-0.4, -0.2) is 23.8 Å². The van der Waals surface area contributed by atoms with Crippen molar-refractivity contribution in [2.45, 2.75) is 12.8 Å². The van der Waals surface area contributed by atoms with Crippen molar-refractivity contribution in [1.29, 1.82) is 10.5 Å². The van der Waals surface area contributed by atoms with Gasteiger partial charge >= 0.3 is 0 Å². The van der Waals surface area contributed by atoms with E-state index in [-0.39, 0.29) is 24.1 Å². The maximum Gasteiger partial charge on any atom is 0.234 e. The number of likely N-dealkylation sites (tertiary alicyclic amines) is 1. The Bertz CT molecular complexity index is 690. The van der Waals surface area contributed by atoms with Crippen LogP contribution in [0.15, 0.2) is 29.8 Å². The summed E-state index contributed by atoms with van der Waals surface area (Å²) < 4.78 is 5.19. The van der Waals surface area contributed by atoms with Crippen LogP contribution in [0.1, 0.15) is 18.4 Å². The minimum atomic E-state index is -0.427. The number of para-hydroxylation sites is 1. The largest absolute Gasteiger partial charge is 0.496 e. The smallest absolute Gasteiger partial charge is 0.234 e. The number of carbonyl (C=O) groups is 2. The van der Waals surface area contributed by atoms with Crippen LogP contribution in [0.5, 0.6) is 5.75 Å². The molecule has 1 aliphatic rings. The van der Waals surface area contributed by atoms with Crippen molar-refractivity contribution in [1.82, 2.24) is 4.90 Å². The minimum absolute atomic E-state index is 0.00931. The highest BCUT2D eigenvalue weighted by Gasteiger charge is 2.35. The molecule has 2 rings (SSSR count). The van der Waals surface area contributed by atoms with Crippen LogP contribution in [-0.2, 0) is 9.59 Å². The molecule has 104 valence electrons. The first-order valence-electron chi connectivity index (χ1n) is 6.17. The van der Waals surface area contributed by atoms with Gasteiger partial charge in [-0.1, -0.05) is 12.1 Å². The van der Waals surface area contributed by atoms with Crippen molar-refractivity contribution in [2.75, 3.05) is 7.11 Å². The molecule has 0 N–H and O–H groups in total. The van der Waals surface area contributed by atoms with Crippen LogP contribution in [0, 0.1) is 22.7 Å². The third-order valence-corrected chi connectivity index (χ3v) is 3.10. The zero-order valence-electron chi connectivity index (χ0n) is 11.3. The monoisotopic (exact) mass is 281 g/mol. The SMILES string of the molecule is COc1ccccc1C(=C(C#N)C#N)N1C(=O)CCC1=O. The molecule has 1 heterocycles. The Kier molecular flexibility index (Phi) is 4.01. The van der Waals surface area contributed by atoms with Gasteiger partial charge in [0.15, 0.2) is 5.57 Å². The highest BCUT2D eigenvalue weighted by Crippen LogP contribution is 2.33. The van der Waals surface area contributed by atoms with Gasteiger partial charge in [-0.05, 0) is 12.1 Å². The highest BCUT2D eigenvalue weighted by molar-refractivity contribution is 6.10. The second kappa shape index (κ2) is 5.89. The molecule has 0 spiro atoms. The van der Waals surface area contributed by atoms with Crippen molar-refractivity contribution >= 4 is 17.5 Å². The molecule has 0 aromatic heterocycles. The van der Waals surface area contributed by atoms with Crippen molar-refractivity contribution in [3.05, 3.63) is 35.4 Å². The topological polar surface area (TPSA) is 94.2 Å². The molecule has 0 unspecified atom stereocenters. The summed E-state index contributed by atoms with van der Waals surface area (Å²) in [6.07, 6.45) is 0.142. The number of benzene rings is 1. The number of amides is 2. The summed E-state index contributed by atoms with van der Waals surface area (Å²) in [5.41, 5.74) is 0.0507. The average molecular weight is 281 g/mol. The minimum Gasteiger partial charge on any atom is -0.496 e. The predicted octanol–water partition coefficient (Wildman–Crippen LogP) is 1.60. The quantitative estimate of drug-likeness (QED) is 0.619. The molecule has 1 aromatic carbocycles. The predicted molar refractivity (Wildman–Crippen MR) is 72.2 cm³/mol. The average Bonchev–Trinajstić information content (AvgIpc) is 2.84. The van der Waals surface area contributed by atoms with E-state index in [4.69, 9.17) is 15.3 Å². The van der Waals surface area contributed by atoms with Gasteiger partial charge in [-0.15, -0.1) is 0 Å². The van der Waals surface area contributed by atoms with Gasteiger partial charge < -0.3 is 4.74 Å². The molecule has 1 aliphatic heterocycles. The molecular formula is C15H11N3O3. The Hall–Kier alpha value is -3.12. The van der Waals surface area contributed by atoms with Crippen molar-refractivity contribution in [3.8, 4) is 17.9 Å². The molecule has 21 heavy (non-hydrogen) atoms. The number of rotatable bonds is 3. The van der Waals surface area contributed by atoms with Crippen molar-refractivity contribution in [2.24, 2.45) is 0 Å². The summed E-state index contributed by atoms with van der Waals surface area (Å²) in [4.78, 5) is 24.8. The molecule has 6 nitrogen and oxygen atoms in total. The van der Waals surface area contributed by atoms with Crippen molar-refractivity contribution < 1.29 is 14.3 Å². The lowest BCUT2D eigenvalue weighted by molar-refractivity contribution is -0.134. The van der Waals surface area contributed by atoms with E-state index in [0.29, 0.717) is 11.3 Å². The van der Waals surface area contributed by atoms with E-state index in [1.165, 1.54) is 7.11 Å². The van der Waals surface area contributed by atoms with Crippen LogP contribution >= 0.6 is 0 Å². The number of carbonyl (C=O) groups excluding carboxylic acids is 2. The van der Waals surface area contributed by atoms with Gasteiger partial charge in [-0.3, -0.25) is 9.59 Å². The molecular weight excluding hydrogens is 270 g/mol. The number of hydrogen-bond acceptors (Lipinski definition) is 5. The lowest BCUT2D eigenvalue weighted by Crippen LogP contribution is -2.28. The summed E-state index contributed by atoms with van der Waals surface area (Å²) in [6.45, 7) is 0. The Morgan fingerprint density at radius 3 is 2.24 bits per heavy atom. The van der Waals surface area contributed by atoms with E-state index in [2.05, 4.69) is 0 Å². The van der Waals surface area contributed by atoms with E-state index in [0.717, 1.165) is 4.90 Å². The van der Waals surface area contributed by atoms with Crippen LogP contribution in [0.25, 0.3) is 5.70 Å². The van der Waals surface area contributed by atoms with Gasteiger partial charge in [0, 0.05) is 18.4 Å². The van der Waals surface area contributed by atoms with Gasteiger partial charge in [0.2, 0.25) is 11.8 Å². The fourth-order valence-electron chi connectivity index (χ4n) is 2.16. The third-order valence-electron chi connectivity index (χ3n) is 3.10. The van der Waals surface area contributed by atoms with E-state index < -0.39 is 11.8 Å². The maximum absolute atomic E-state index is 11.9. The Labute approximate surface area is 121 Å². The standard InChI is InChI=1S/C15H11N3O3/c1-21-12-5-3-2-4-11(12)15(10(8-16)9-17)18-13(19)6-7-14(18)20/h2-5H,6-7H2,1H3. The Morgan fingerprint density at radius 2 is 1.71 bits per heavy atom. The second-order valence-electron chi connectivity index (χ2n) is 4.27. The summed E-state index contributed by atoms with van der Waals surface area (Å²) in [7, 11) is 1.43. The highest BCUT2D eigenvalue weighted by atomic mass is 16.5. The Balaban J connectivity index is 2.73. The van der Waals surface area contributed by atoms with Gasteiger partial charge in [0.05, 0.1) is 12.8 Å². The molecule has 1 saturated heterocycles. The van der Waals surface area contributed by atoms with Crippen LogP contribution in [0.3, 0.4) is 0 Å². The number of hydrogen-bond donors (Lipinski definition) is 0. The second-order valence-corrected chi connectivity index (χ2v) is 4.27. The molecule has 0 atom stereocenters. The molecule has 0 radical (unpaired) electrons. The zero-order valence-corrected chi connectivity index (χ0v) is 11.3. The number of imide groups is 1. The molecule has 1 fully saturated rings. The van der Waals surface area contributed by atoms with Gasteiger partial charge in [0.25, 0.3) is 0 Å². The molecule has 2 amide bonds. The fourth-order valence-corrected chi connectivity index (χ4v) is 2.16. The first-order valence-corrected chi connectivity index (χ1v) is 6.17. The number of ether oxygens (including phenoxy) is 1. The molecule has 0 aliphatic carbocycles. The van der Waals surface area contributed by atoms with Crippen LogP contribution < -0.4 is 4.74 Å². The number of allylic oxidation sites excluding steroid dienone is 1. The lowest BCUT2D eigenvalue weighted by Gasteiger charge is -2.20. The van der Waals surface area contributed by atoms with Crippen LogP contribution in [0.2, 0.25) is 0 Å². The normalized spacial score (nSPS) is 13.6. The third kappa shape index (κ3) is 2.47. The molecule has 0 bridgehead atoms. The number of nitriles is 2. The summed E-state index contributed by atoms with van der Waals surface area (Å²) in [5.74, 6) is -0.476. The first kappa shape index (κ1) is 14.3. The van der Waals surface area contributed by atoms with Crippen molar-refractivity contribution in [3.63, 3.8) is 0 Å². The maximum atomic E-state index is 11.9. The summed E-state index contributed by atoms with van der Waals surface area (Å²) in [6, 6.07) is 10.1. The van der Waals surface area contributed by atoms with Gasteiger partial charge in [-0.2, -0.15) is 10.5 Å². The number of nitrogens with zero attached hydrogens (tertiary/aromatic N) is 3. The molecule has 1 aromatic rings. The van der Waals surface area contributed by atoms with Crippen LogP contribution in [0.4, 0.5) is 0 Å². The van der Waals surface area contributed by atoms with E-state index in [1.54, 1.807) is 36.4 Å². The Morgan fingerprint density at radius 1 is 1.14 bits per heavy atom. The zero-order chi connectivity index (χ0) is 15.4. The van der Waals surface area contributed by atoms with E-state index in [1.807, 2.05) is 0 Å². The van der Waals surface area contributed by atoms with E-state index in [9.17, 15) is 9.59 Å². The van der Waals surface area contributed by atoms with Gasteiger partial charge in [-0.25, -0.2) is 4.90 Å².